The zero-order valence-electron chi connectivity index (χ0n) is 18.8. The maximum Gasteiger partial charge on any atom is 0.409 e. The Morgan fingerprint density at radius 2 is 1.90 bits per heavy atom. The van der Waals surface area contributed by atoms with E-state index in [9.17, 15) is 4.79 Å². The van der Waals surface area contributed by atoms with Crippen molar-refractivity contribution in [3.05, 3.63) is 35.9 Å². The number of hydrogen-bond acceptors (Lipinski definition) is 4. The monoisotopic (exact) mass is 543 g/mol. The lowest BCUT2D eigenvalue weighted by atomic mass is 9.95. The van der Waals surface area contributed by atoms with Gasteiger partial charge in [0, 0.05) is 30.7 Å². The maximum absolute atomic E-state index is 11.8. The molecule has 2 aliphatic rings. The van der Waals surface area contributed by atoms with Crippen LogP contribution in [-0.2, 0) is 4.74 Å². The standard InChI is InChI=1S/C23H37N5O2.HI/c1-3-30-22(29)28-15-11-20(12-16-28)26-21(24)25-17-23(13-7-8-14-23)27-18(2)19-9-5-4-6-10-19;/h4-6,9-10,18,20,27H,3,7-8,11-17H2,1-2H3,(H3,24,25,26);1H. The predicted octanol–water partition coefficient (Wildman–Crippen LogP) is 3.79. The minimum Gasteiger partial charge on any atom is -0.450 e. The summed E-state index contributed by atoms with van der Waals surface area (Å²) < 4.78 is 5.08. The van der Waals surface area contributed by atoms with E-state index >= 15 is 0 Å². The lowest BCUT2D eigenvalue weighted by molar-refractivity contribution is 0.0963. The van der Waals surface area contributed by atoms with E-state index < -0.39 is 0 Å². The average Bonchev–Trinajstić information content (AvgIpc) is 3.22. The van der Waals surface area contributed by atoms with Gasteiger partial charge in [-0.3, -0.25) is 4.99 Å². The Morgan fingerprint density at radius 3 is 2.52 bits per heavy atom. The van der Waals surface area contributed by atoms with Crippen LogP contribution in [0.1, 0.15) is 64.0 Å². The van der Waals surface area contributed by atoms with Gasteiger partial charge in [-0.05, 0) is 45.1 Å². The molecule has 174 valence electrons. The third-order valence-corrected chi connectivity index (χ3v) is 6.31. The highest BCUT2D eigenvalue weighted by Gasteiger charge is 2.35. The fraction of sp³-hybridized carbons (Fsp3) is 0.652. The van der Waals surface area contributed by atoms with Crippen LogP contribution in [0, 0.1) is 0 Å². The second-order valence-corrected chi connectivity index (χ2v) is 8.57. The molecule has 1 aliphatic carbocycles. The van der Waals surface area contributed by atoms with Crippen molar-refractivity contribution in [2.45, 2.75) is 70.0 Å². The lowest BCUT2D eigenvalue weighted by Crippen LogP contribution is -2.50. The van der Waals surface area contributed by atoms with Gasteiger partial charge in [-0.2, -0.15) is 0 Å². The van der Waals surface area contributed by atoms with E-state index in [1.165, 1.54) is 18.4 Å². The molecular weight excluding hydrogens is 505 g/mol. The molecule has 1 aliphatic heterocycles. The maximum atomic E-state index is 11.8. The van der Waals surface area contributed by atoms with Gasteiger partial charge in [0.05, 0.1) is 13.2 Å². The molecule has 1 saturated carbocycles. The molecule has 1 aromatic rings. The van der Waals surface area contributed by atoms with Crippen LogP contribution in [-0.4, -0.2) is 54.8 Å². The Bertz CT molecular complexity index is 701. The smallest absolute Gasteiger partial charge is 0.409 e. The molecule has 0 bridgehead atoms. The number of nitrogens with zero attached hydrogens (tertiary/aromatic N) is 2. The van der Waals surface area contributed by atoms with Gasteiger partial charge in [-0.1, -0.05) is 43.2 Å². The summed E-state index contributed by atoms with van der Waals surface area (Å²) in [6.45, 7) is 6.52. The number of amides is 1. The number of carbonyl (C=O) groups excluding carboxylic acids is 1. The Morgan fingerprint density at radius 1 is 1.26 bits per heavy atom. The molecule has 1 saturated heterocycles. The summed E-state index contributed by atoms with van der Waals surface area (Å²) in [5.74, 6) is 0.505. The summed E-state index contributed by atoms with van der Waals surface area (Å²) in [6.07, 6.45) is 6.18. The highest BCUT2D eigenvalue weighted by Crippen LogP contribution is 2.32. The number of benzene rings is 1. The van der Waals surface area contributed by atoms with Gasteiger partial charge in [-0.25, -0.2) is 4.79 Å². The van der Waals surface area contributed by atoms with E-state index in [0.29, 0.717) is 32.2 Å². The number of nitrogens with two attached hydrogens (primary N) is 1. The fourth-order valence-electron chi connectivity index (χ4n) is 4.60. The molecule has 3 rings (SSSR count). The number of likely N-dealkylation sites (tertiary alicyclic amines) is 1. The third kappa shape index (κ3) is 7.52. The minimum atomic E-state index is -0.223. The SMILES string of the molecule is CCOC(=O)N1CCC(NC(N)=NCC2(NC(C)c3ccccc3)CCCC2)CC1.I. The first-order chi connectivity index (χ1) is 14.5. The van der Waals surface area contributed by atoms with Crippen LogP contribution in [0.4, 0.5) is 4.79 Å². The van der Waals surface area contributed by atoms with Crippen LogP contribution < -0.4 is 16.4 Å². The molecule has 7 nitrogen and oxygen atoms in total. The number of nitrogens with one attached hydrogen (secondary N) is 2. The molecule has 8 heteroatoms. The van der Waals surface area contributed by atoms with Crippen LogP contribution in [0.3, 0.4) is 0 Å². The Hall–Kier alpha value is -1.55. The van der Waals surface area contributed by atoms with Crippen molar-refractivity contribution in [1.29, 1.82) is 0 Å². The Kier molecular flexibility index (Phi) is 10.3. The second kappa shape index (κ2) is 12.5. The first-order valence-corrected chi connectivity index (χ1v) is 11.3. The van der Waals surface area contributed by atoms with Crippen LogP contribution in [0.2, 0.25) is 0 Å². The summed E-state index contributed by atoms with van der Waals surface area (Å²) in [7, 11) is 0. The highest BCUT2D eigenvalue weighted by molar-refractivity contribution is 14.0. The molecule has 4 N–H and O–H groups in total. The largest absolute Gasteiger partial charge is 0.450 e. The van der Waals surface area contributed by atoms with Crippen molar-refractivity contribution >= 4 is 36.0 Å². The van der Waals surface area contributed by atoms with Crippen LogP contribution in [0.15, 0.2) is 35.3 Å². The van der Waals surface area contributed by atoms with Crippen molar-refractivity contribution < 1.29 is 9.53 Å². The van der Waals surface area contributed by atoms with Gasteiger partial charge in [-0.15, -0.1) is 24.0 Å². The molecule has 1 unspecified atom stereocenters. The van der Waals surface area contributed by atoms with E-state index in [-0.39, 0.29) is 47.7 Å². The van der Waals surface area contributed by atoms with Gasteiger partial charge >= 0.3 is 6.09 Å². The molecule has 1 amide bonds. The van der Waals surface area contributed by atoms with Crippen molar-refractivity contribution in [2.24, 2.45) is 10.7 Å². The lowest BCUT2D eigenvalue weighted by Gasteiger charge is -2.34. The van der Waals surface area contributed by atoms with Gasteiger partial charge < -0.3 is 26.0 Å². The highest BCUT2D eigenvalue weighted by atomic mass is 127. The number of halogens is 1. The second-order valence-electron chi connectivity index (χ2n) is 8.57. The molecular formula is C23H38IN5O2. The molecule has 0 spiro atoms. The predicted molar refractivity (Wildman–Crippen MR) is 136 cm³/mol. The van der Waals surface area contributed by atoms with Crippen LogP contribution in [0.5, 0.6) is 0 Å². The number of aliphatic imine (C=N–C) groups is 1. The first-order valence-electron chi connectivity index (χ1n) is 11.3. The van der Waals surface area contributed by atoms with Crippen molar-refractivity contribution in [3.63, 3.8) is 0 Å². The zero-order valence-corrected chi connectivity index (χ0v) is 21.1. The van der Waals surface area contributed by atoms with Crippen molar-refractivity contribution in [2.75, 3.05) is 26.2 Å². The van der Waals surface area contributed by atoms with E-state index in [1.54, 1.807) is 4.90 Å². The normalized spacial score (nSPS) is 20.1. The Balaban J connectivity index is 0.00000341. The van der Waals surface area contributed by atoms with Gasteiger partial charge in [0.15, 0.2) is 5.96 Å². The van der Waals surface area contributed by atoms with Gasteiger partial charge in [0.25, 0.3) is 0 Å². The summed E-state index contributed by atoms with van der Waals surface area (Å²) in [4.78, 5) is 18.3. The Labute approximate surface area is 203 Å². The number of ether oxygens (including phenoxy) is 1. The van der Waals surface area contributed by atoms with E-state index in [4.69, 9.17) is 15.5 Å². The van der Waals surface area contributed by atoms with Crippen LogP contribution in [0.25, 0.3) is 0 Å². The van der Waals surface area contributed by atoms with E-state index in [2.05, 4.69) is 47.9 Å². The number of carbonyl (C=O) groups is 1. The van der Waals surface area contributed by atoms with Crippen molar-refractivity contribution in [1.82, 2.24) is 15.5 Å². The quantitative estimate of drug-likeness (QED) is 0.277. The van der Waals surface area contributed by atoms with E-state index in [1.807, 2.05) is 6.92 Å². The molecule has 0 aromatic heterocycles. The summed E-state index contributed by atoms with van der Waals surface area (Å²) in [5.41, 5.74) is 7.54. The number of hydrogen-bond donors (Lipinski definition) is 3. The van der Waals surface area contributed by atoms with Crippen LogP contribution >= 0.6 is 24.0 Å². The zero-order chi connectivity index (χ0) is 21.4. The number of guanidine groups is 1. The fourth-order valence-corrected chi connectivity index (χ4v) is 4.60. The van der Waals surface area contributed by atoms with Gasteiger partial charge in [0.2, 0.25) is 0 Å². The first kappa shape index (κ1) is 25.7. The number of rotatable bonds is 7. The molecule has 31 heavy (non-hydrogen) atoms. The minimum absolute atomic E-state index is 0. The van der Waals surface area contributed by atoms with Crippen molar-refractivity contribution in [3.8, 4) is 0 Å². The molecule has 0 radical (unpaired) electrons. The molecule has 1 heterocycles. The number of piperidine rings is 1. The molecule has 1 atom stereocenters. The van der Waals surface area contributed by atoms with Gasteiger partial charge in [0.1, 0.15) is 0 Å². The third-order valence-electron chi connectivity index (χ3n) is 6.31. The van der Waals surface area contributed by atoms with E-state index in [0.717, 1.165) is 25.7 Å². The average molecular weight is 543 g/mol. The summed E-state index contributed by atoms with van der Waals surface area (Å²) in [5, 5.41) is 7.21. The topological polar surface area (TPSA) is 92.0 Å². The summed E-state index contributed by atoms with van der Waals surface area (Å²) >= 11 is 0. The molecule has 1 aromatic carbocycles. The summed E-state index contributed by atoms with van der Waals surface area (Å²) in [6, 6.07) is 11.1. The molecule has 2 fully saturated rings.